The fraction of sp³-hybridized carbons (Fsp3) is 0.290. The van der Waals surface area contributed by atoms with Crippen LogP contribution in [0.15, 0.2) is 69.7 Å². The van der Waals surface area contributed by atoms with Crippen LogP contribution in [0.25, 0.3) is 17.0 Å². The van der Waals surface area contributed by atoms with E-state index in [1.165, 1.54) is 11.3 Å². The van der Waals surface area contributed by atoms with Gasteiger partial charge in [0.25, 0.3) is 5.56 Å². The molecule has 9 nitrogen and oxygen atoms in total. The summed E-state index contributed by atoms with van der Waals surface area (Å²) in [6.07, 6.45) is 3.63. The van der Waals surface area contributed by atoms with Crippen molar-refractivity contribution in [3.8, 4) is 17.6 Å². The average Bonchev–Trinajstić information content (AvgIpc) is 3.44. The zero-order valence-electron chi connectivity index (χ0n) is 23.5. The minimum atomic E-state index is -0.783. The third kappa shape index (κ3) is 5.16. The standard InChI is InChI=1S/C31H30N4O5S/c1-6-39-30(37)27-19(4)33-31-35(28(27)20-11-12-24(40-18(2)3)25(15-20)38-5)29(36)26(41-31)16-21-17-34(14-13-32)23-10-8-7-9-22(21)23/h7-12,15-18,28H,6,14H2,1-5H3/b26-16+/t28-/m1/s1. The molecule has 0 spiro atoms. The first-order valence-electron chi connectivity index (χ1n) is 13.3. The highest BCUT2D eigenvalue weighted by Gasteiger charge is 2.34. The number of allylic oxidation sites excluding steroid dienone is 1. The van der Waals surface area contributed by atoms with E-state index in [9.17, 15) is 14.9 Å². The minimum Gasteiger partial charge on any atom is -0.493 e. The van der Waals surface area contributed by atoms with Gasteiger partial charge in [0.05, 0.1) is 47.7 Å². The van der Waals surface area contributed by atoms with Crippen molar-refractivity contribution in [1.82, 2.24) is 9.13 Å². The van der Waals surface area contributed by atoms with E-state index in [1.54, 1.807) is 37.7 Å². The molecular weight excluding hydrogens is 540 g/mol. The number of para-hydroxylation sites is 1. The van der Waals surface area contributed by atoms with Crippen LogP contribution in [0.4, 0.5) is 0 Å². The predicted molar refractivity (Wildman–Crippen MR) is 157 cm³/mol. The number of fused-ring (bicyclic) bond motifs is 2. The molecule has 0 saturated heterocycles. The molecule has 0 radical (unpaired) electrons. The van der Waals surface area contributed by atoms with Gasteiger partial charge >= 0.3 is 5.97 Å². The highest BCUT2D eigenvalue weighted by molar-refractivity contribution is 7.07. The van der Waals surface area contributed by atoms with Crippen LogP contribution in [0.1, 0.15) is 44.9 Å². The van der Waals surface area contributed by atoms with Crippen molar-refractivity contribution < 1.29 is 19.0 Å². The van der Waals surface area contributed by atoms with Crippen molar-refractivity contribution in [3.63, 3.8) is 0 Å². The smallest absolute Gasteiger partial charge is 0.338 e. The SMILES string of the molecule is CCOC(=O)C1=C(C)N=c2s/c(=C/c3cn(CC#N)c4ccccc34)c(=O)n2[C@@H]1c1ccc(OC(C)C)c(OC)c1. The minimum absolute atomic E-state index is 0.0660. The molecule has 0 fully saturated rings. The number of aromatic nitrogens is 2. The van der Waals surface area contributed by atoms with E-state index in [-0.39, 0.29) is 30.4 Å². The number of hydrogen-bond acceptors (Lipinski definition) is 8. The Bertz CT molecular complexity index is 1900. The van der Waals surface area contributed by atoms with E-state index in [0.717, 1.165) is 16.5 Å². The second-order valence-electron chi connectivity index (χ2n) is 9.77. The summed E-state index contributed by atoms with van der Waals surface area (Å²) in [6, 6.07) is 14.5. The van der Waals surface area contributed by atoms with Crippen molar-refractivity contribution >= 4 is 34.3 Å². The van der Waals surface area contributed by atoms with Gasteiger partial charge in [-0.15, -0.1) is 0 Å². The predicted octanol–water partition coefficient (Wildman–Crippen LogP) is 4.07. The zero-order chi connectivity index (χ0) is 29.3. The fourth-order valence-corrected chi connectivity index (χ4v) is 6.09. The molecule has 2 aromatic carbocycles. The number of esters is 1. The first kappa shape index (κ1) is 27.9. The fourth-order valence-electron chi connectivity index (χ4n) is 5.05. The number of rotatable bonds is 8. The molecule has 0 amide bonds. The lowest BCUT2D eigenvalue weighted by Crippen LogP contribution is -2.40. The van der Waals surface area contributed by atoms with Gasteiger partial charge in [-0.3, -0.25) is 9.36 Å². The van der Waals surface area contributed by atoms with Crippen LogP contribution in [0.2, 0.25) is 0 Å². The summed E-state index contributed by atoms with van der Waals surface area (Å²) in [6.45, 7) is 7.71. The third-order valence-electron chi connectivity index (χ3n) is 6.73. The van der Waals surface area contributed by atoms with Crippen molar-refractivity contribution in [3.05, 3.63) is 90.7 Å². The highest BCUT2D eigenvalue weighted by Crippen LogP contribution is 2.36. The molecule has 2 aromatic heterocycles. The Morgan fingerprint density at radius 3 is 2.71 bits per heavy atom. The van der Waals surface area contributed by atoms with Crippen LogP contribution in [0.3, 0.4) is 0 Å². The molecular formula is C31H30N4O5S. The van der Waals surface area contributed by atoms with Crippen molar-refractivity contribution in [2.45, 2.75) is 46.4 Å². The van der Waals surface area contributed by atoms with Gasteiger partial charge in [0.1, 0.15) is 6.54 Å². The highest BCUT2D eigenvalue weighted by atomic mass is 32.1. The molecule has 41 heavy (non-hydrogen) atoms. The normalized spacial score (nSPS) is 15.0. The molecule has 0 saturated carbocycles. The van der Waals surface area contributed by atoms with Gasteiger partial charge in [-0.05, 0) is 57.5 Å². The summed E-state index contributed by atoms with van der Waals surface area (Å²) in [5, 5.41) is 10.2. The first-order chi connectivity index (χ1) is 19.8. The topological polar surface area (TPSA) is 108 Å². The molecule has 4 aromatic rings. The van der Waals surface area contributed by atoms with E-state index in [4.69, 9.17) is 14.2 Å². The molecule has 210 valence electrons. The van der Waals surface area contributed by atoms with Crippen molar-refractivity contribution in [2.75, 3.05) is 13.7 Å². The molecule has 10 heteroatoms. The number of nitrogens with zero attached hydrogens (tertiary/aromatic N) is 4. The summed E-state index contributed by atoms with van der Waals surface area (Å²) in [4.78, 5) is 32.4. The lowest BCUT2D eigenvalue weighted by atomic mass is 9.95. The van der Waals surface area contributed by atoms with Gasteiger partial charge in [-0.25, -0.2) is 9.79 Å². The lowest BCUT2D eigenvalue weighted by molar-refractivity contribution is -0.139. The maximum absolute atomic E-state index is 14.1. The summed E-state index contributed by atoms with van der Waals surface area (Å²) in [7, 11) is 1.55. The Morgan fingerprint density at radius 2 is 2.00 bits per heavy atom. The molecule has 1 aliphatic rings. The maximum atomic E-state index is 14.1. The Balaban J connectivity index is 1.73. The van der Waals surface area contributed by atoms with E-state index >= 15 is 0 Å². The molecule has 1 atom stereocenters. The number of carbonyl (C=O) groups excluding carboxylic acids is 1. The number of benzene rings is 2. The number of ether oxygens (including phenoxy) is 3. The van der Waals surface area contributed by atoms with Crippen LogP contribution in [-0.2, 0) is 16.1 Å². The van der Waals surface area contributed by atoms with Gasteiger partial charge in [-0.2, -0.15) is 5.26 Å². The van der Waals surface area contributed by atoms with Crippen molar-refractivity contribution in [2.24, 2.45) is 4.99 Å². The number of methoxy groups -OCH3 is 1. The van der Waals surface area contributed by atoms with E-state index in [2.05, 4.69) is 11.1 Å². The zero-order valence-corrected chi connectivity index (χ0v) is 24.3. The molecule has 1 aliphatic heterocycles. The second kappa shape index (κ2) is 11.5. The van der Waals surface area contributed by atoms with Gasteiger partial charge in [0.15, 0.2) is 16.3 Å². The molecule has 3 heterocycles. The van der Waals surface area contributed by atoms with E-state index < -0.39 is 12.0 Å². The quantitative estimate of drug-likeness (QED) is 0.296. The molecule has 5 rings (SSSR count). The molecule has 0 aliphatic carbocycles. The average molecular weight is 571 g/mol. The van der Waals surface area contributed by atoms with Crippen LogP contribution in [-0.4, -0.2) is 34.9 Å². The third-order valence-corrected chi connectivity index (χ3v) is 7.71. The summed E-state index contributed by atoms with van der Waals surface area (Å²) in [5.74, 6) is 0.515. The van der Waals surface area contributed by atoms with Crippen molar-refractivity contribution in [1.29, 1.82) is 5.26 Å². The molecule has 0 N–H and O–H groups in total. The van der Waals surface area contributed by atoms with Crippen LogP contribution in [0.5, 0.6) is 11.5 Å². The van der Waals surface area contributed by atoms with Gasteiger partial charge in [0.2, 0.25) is 0 Å². The van der Waals surface area contributed by atoms with E-state index in [0.29, 0.717) is 32.1 Å². The summed E-state index contributed by atoms with van der Waals surface area (Å²) >= 11 is 1.25. The van der Waals surface area contributed by atoms with Crippen LogP contribution in [0, 0.1) is 11.3 Å². The van der Waals surface area contributed by atoms with Gasteiger partial charge in [-0.1, -0.05) is 35.6 Å². The maximum Gasteiger partial charge on any atom is 0.338 e. The second-order valence-corrected chi connectivity index (χ2v) is 10.8. The Kier molecular flexibility index (Phi) is 7.81. The first-order valence-corrected chi connectivity index (χ1v) is 14.1. The summed E-state index contributed by atoms with van der Waals surface area (Å²) < 4.78 is 20.8. The number of thiazole rings is 1. The van der Waals surface area contributed by atoms with Gasteiger partial charge in [0, 0.05) is 22.7 Å². The molecule has 0 unspecified atom stereocenters. The van der Waals surface area contributed by atoms with Crippen LogP contribution < -0.4 is 24.4 Å². The Labute approximate surface area is 240 Å². The van der Waals surface area contributed by atoms with Gasteiger partial charge < -0.3 is 18.8 Å². The Hall–Kier alpha value is -4.62. The van der Waals surface area contributed by atoms with E-state index in [1.807, 2.05) is 61.0 Å². The number of hydrogen-bond donors (Lipinski definition) is 0. The monoisotopic (exact) mass is 570 g/mol. The summed E-state index contributed by atoms with van der Waals surface area (Å²) in [5.41, 5.74) is 2.86. The Morgan fingerprint density at radius 1 is 1.22 bits per heavy atom. The van der Waals surface area contributed by atoms with Crippen LogP contribution >= 0.6 is 11.3 Å². The number of carbonyl (C=O) groups is 1. The number of nitriles is 1. The largest absolute Gasteiger partial charge is 0.493 e. The lowest BCUT2D eigenvalue weighted by Gasteiger charge is -2.25. The molecule has 0 bridgehead atoms.